The van der Waals surface area contributed by atoms with Gasteiger partial charge in [-0.3, -0.25) is 9.79 Å². The van der Waals surface area contributed by atoms with E-state index in [4.69, 9.17) is 5.73 Å². The van der Waals surface area contributed by atoms with E-state index in [0.29, 0.717) is 23.9 Å². The molecule has 0 aromatic rings. The molecule has 1 amide bonds. The molecule has 0 aromatic heterocycles. The quantitative estimate of drug-likeness (QED) is 0.758. The highest BCUT2D eigenvalue weighted by Gasteiger charge is 2.55. The minimum Gasteiger partial charge on any atom is -0.402 e. The van der Waals surface area contributed by atoms with Gasteiger partial charge in [0.05, 0.1) is 0 Å². The highest BCUT2D eigenvalue weighted by molar-refractivity contribution is 6.43. The largest absolute Gasteiger partial charge is 0.402 e. The summed E-state index contributed by atoms with van der Waals surface area (Å²) >= 11 is 0. The van der Waals surface area contributed by atoms with Crippen LogP contribution in [-0.4, -0.2) is 23.7 Å². The van der Waals surface area contributed by atoms with Crippen molar-refractivity contribution in [3.63, 3.8) is 0 Å². The molecule has 3 N–H and O–H groups in total. The number of fused-ring (bicyclic) bond motifs is 1. The van der Waals surface area contributed by atoms with E-state index in [-0.39, 0.29) is 17.4 Å². The van der Waals surface area contributed by atoms with Crippen molar-refractivity contribution in [2.45, 2.75) is 58.4 Å². The highest BCUT2D eigenvalue weighted by atomic mass is 16.2. The molecule has 0 spiro atoms. The molecule has 0 saturated heterocycles. The number of nitrogens with zero attached hydrogens (tertiary/aromatic N) is 1. The Morgan fingerprint density at radius 2 is 2.25 bits per heavy atom. The Kier molecular flexibility index (Phi) is 4.51. The van der Waals surface area contributed by atoms with Crippen LogP contribution < -0.4 is 11.1 Å². The van der Waals surface area contributed by atoms with Gasteiger partial charge >= 0.3 is 0 Å². The third kappa shape index (κ3) is 3.22. The van der Waals surface area contributed by atoms with Crippen molar-refractivity contribution in [1.29, 1.82) is 0 Å². The van der Waals surface area contributed by atoms with E-state index in [0.717, 1.165) is 12.8 Å². The van der Waals surface area contributed by atoms with Crippen LogP contribution >= 0.6 is 0 Å². The number of carbonyl (C=O) groups excluding carboxylic acids is 1. The van der Waals surface area contributed by atoms with Gasteiger partial charge in [-0.1, -0.05) is 26.7 Å². The minimum atomic E-state index is -0.0557. The summed E-state index contributed by atoms with van der Waals surface area (Å²) in [6.07, 6.45) is 7.78. The smallest absolute Gasteiger partial charge is 0.269 e. The number of carbonyl (C=O) groups is 1. The van der Waals surface area contributed by atoms with Crippen molar-refractivity contribution in [2.24, 2.45) is 22.6 Å². The Morgan fingerprint density at radius 3 is 2.85 bits per heavy atom. The lowest BCUT2D eigenvalue weighted by Crippen LogP contribution is -2.43. The van der Waals surface area contributed by atoms with Gasteiger partial charge in [0.15, 0.2) is 0 Å². The fourth-order valence-electron chi connectivity index (χ4n) is 3.08. The van der Waals surface area contributed by atoms with Crippen LogP contribution in [0.3, 0.4) is 0 Å². The molecule has 0 aliphatic heterocycles. The Bertz CT molecular complexity index is 439. The summed E-state index contributed by atoms with van der Waals surface area (Å²) in [6.45, 7) is 6.57. The SMILES string of the molecule is CCN=C(/C=C(\N)C(C)C)C(=O)NC12CCCCC1C2. The molecular weight excluding hydrogens is 250 g/mol. The third-order valence-corrected chi connectivity index (χ3v) is 4.55. The summed E-state index contributed by atoms with van der Waals surface area (Å²) in [6, 6.07) is 0. The summed E-state index contributed by atoms with van der Waals surface area (Å²) in [4.78, 5) is 16.8. The van der Waals surface area contributed by atoms with Crippen LogP contribution in [0.15, 0.2) is 16.8 Å². The third-order valence-electron chi connectivity index (χ3n) is 4.55. The van der Waals surface area contributed by atoms with Crippen LogP contribution in [0, 0.1) is 11.8 Å². The summed E-state index contributed by atoms with van der Waals surface area (Å²) in [5.41, 5.74) is 7.22. The summed E-state index contributed by atoms with van der Waals surface area (Å²) < 4.78 is 0. The van der Waals surface area contributed by atoms with Gasteiger partial charge in [-0.15, -0.1) is 0 Å². The first-order chi connectivity index (χ1) is 9.48. The maximum Gasteiger partial charge on any atom is 0.269 e. The minimum absolute atomic E-state index is 0.0557. The van der Waals surface area contributed by atoms with E-state index in [1.54, 1.807) is 6.08 Å². The van der Waals surface area contributed by atoms with Crippen LogP contribution in [0.1, 0.15) is 52.9 Å². The molecule has 20 heavy (non-hydrogen) atoms. The van der Waals surface area contributed by atoms with Crippen LogP contribution in [-0.2, 0) is 4.79 Å². The molecule has 2 fully saturated rings. The van der Waals surface area contributed by atoms with E-state index in [9.17, 15) is 4.79 Å². The monoisotopic (exact) mass is 277 g/mol. The summed E-state index contributed by atoms with van der Waals surface area (Å²) in [5, 5.41) is 3.23. The van der Waals surface area contributed by atoms with Crippen molar-refractivity contribution < 1.29 is 4.79 Å². The van der Waals surface area contributed by atoms with Gasteiger partial charge in [0.25, 0.3) is 5.91 Å². The number of hydrogen-bond acceptors (Lipinski definition) is 3. The topological polar surface area (TPSA) is 67.5 Å². The van der Waals surface area contributed by atoms with Crippen molar-refractivity contribution in [3.8, 4) is 0 Å². The molecule has 4 heteroatoms. The van der Waals surface area contributed by atoms with E-state index in [2.05, 4.69) is 10.3 Å². The molecular formula is C16H27N3O. The average molecular weight is 277 g/mol. The van der Waals surface area contributed by atoms with Gasteiger partial charge in [-0.2, -0.15) is 0 Å². The van der Waals surface area contributed by atoms with Crippen LogP contribution in [0.5, 0.6) is 0 Å². The lowest BCUT2D eigenvalue weighted by Gasteiger charge is -2.23. The van der Waals surface area contributed by atoms with Gasteiger partial charge in [0, 0.05) is 17.8 Å². The number of hydrogen-bond donors (Lipinski definition) is 2. The Morgan fingerprint density at radius 1 is 1.50 bits per heavy atom. The van der Waals surface area contributed by atoms with Crippen molar-refractivity contribution in [3.05, 3.63) is 11.8 Å². The normalized spacial score (nSPS) is 30.1. The first-order valence-electron chi connectivity index (χ1n) is 7.82. The van der Waals surface area contributed by atoms with E-state index >= 15 is 0 Å². The van der Waals surface area contributed by atoms with E-state index < -0.39 is 0 Å². The predicted molar refractivity (Wildman–Crippen MR) is 82.5 cm³/mol. The zero-order valence-electron chi connectivity index (χ0n) is 12.9. The molecule has 112 valence electrons. The predicted octanol–water partition coefficient (Wildman–Crippen LogP) is 2.39. The number of aliphatic imine (C=N–C) groups is 1. The fourth-order valence-corrected chi connectivity index (χ4v) is 3.08. The van der Waals surface area contributed by atoms with Gasteiger partial charge in [0.2, 0.25) is 0 Å². The number of nitrogens with one attached hydrogen (secondary N) is 1. The van der Waals surface area contributed by atoms with Gasteiger partial charge < -0.3 is 11.1 Å². The highest BCUT2D eigenvalue weighted by Crippen LogP contribution is 2.53. The molecule has 2 aliphatic rings. The summed E-state index contributed by atoms with van der Waals surface area (Å²) in [7, 11) is 0. The zero-order chi connectivity index (χ0) is 14.8. The molecule has 0 radical (unpaired) electrons. The lowest BCUT2D eigenvalue weighted by atomic mass is 9.95. The summed E-state index contributed by atoms with van der Waals surface area (Å²) in [5.74, 6) is 0.862. The molecule has 0 aromatic carbocycles. The first-order valence-corrected chi connectivity index (χ1v) is 7.82. The van der Waals surface area contributed by atoms with E-state index in [1.807, 2.05) is 20.8 Å². The molecule has 0 bridgehead atoms. The van der Waals surface area contributed by atoms with Crippen molar-refractivity contribution in [2.75, 3.05) is 6.54 Å². The average Bonchev–Trinajstić information content (AvgIpc) is 3.11. The van der Waals surface area contributed by atoms with Gasteiger partial charge in [0.1, 0.15) is 5.71 Å². The van der Waals surface area contributed by atoms with Crippen LogP contribution in [0.2, 0.25) is 0 Å². The fraction of sp³-hybridized carbons (Fsp3) is 0.750. The van der Waals surface area contributed by atoms with Gasteiger partial charge in [-0.05, 0) is 44.1 Å². The lowest BCUT2D eigenvalue weighted by molar-refractivity contribution is -0.115. The molecule has 0 heterocycles. The molecule has 4 nitrogen and oxygen atoms in total. The molecule has 2 unspecified atom stereocenters. The maximum absolute atomic E-state index is 12.4. The second-order valence-electron chi connectivity index (χ2n) is 6.42. The number of nitrogens with two attached hydrogens (primary N) is 1. The molecule has 2 aliphatic carbocycles. The first kappa shape index (κ1) is 15.1. The zero-order valence-corrected chi connectivity index (χ0v) is 12.9. The molecule has 2 atom stereocenters. The van der Waals surface area contributed by atoms with Gasteiger partial charge in [-0.25, -0.2) is 0 Å². The van der Waals surface area contributed by atoms with Crippen LogP contribution in [0.25, 0.3) is 0 Å². The van der Waals surface area contributed by atoms with Crippen molar-refractivity contribution >= 4 is 11.6 Å². The Labute approximate surface area is 121 Å². The second kappa shape index (κ2) is 5.98. The molecule has 2 saturated carbocycles. The Hall–Kier alpha value is -1.32. The van der Waals surface area contributed by atoms with Crippen LogP contribution in [0.4, 0.5) is 0 Å². The number of allylic oxidation sites excluding steroid dienone is 1. The number of rotatable bonds is 5. The maximum atomic E-state index is 12.4. The Balaban J connectivity index is 2.05. The standard InChI is InChI=1S/C16H27N3O/c1-4-18-14(9-13(17)11(2)3)15(20)19-16-8-6-5-7-12(16)10-16/h9,11-12H,4-8,10,17H2,1-3H3,(H,19,20)/b13-9-,18-14?. The van der Waals surface area contributed by atoms with Crippen molar-refractivity contribution in [1.82, 2.24) is 5.32 Å². The molecule has 2 rings (SSSR count). The second-order valence-corrected chi connectivity index (χ2v) is 6.42. The number of amides is 1. The van der Waals surface area contributed by atoms with E-state index in [1.165, 1.54) is 19.3 Å².